The molecule has 1 aromatic rings. The number of nitrogens with zero attached hydrogens (tertiary/aromatic N) is 1. The van der Waals surface area contributed by atoms with Crippen LogP contribution in [0.25, 0.3) is 0 Å². The number of likely N-dealkylation sites (tertiary alicyclic amines) is 1. The number of hydrogen-bond donors (Lipinski definition) is 1. The van der Waals surface area contributed by atoms with Crippen LogP contribution in [-0.4, -0.2) is 49.2 Å². The Bertz CT molecular complexity index is 604. The maximum atomic E-state index is 12.5. The molecule has 0 aromatic heterocycles. The van der Waals surface area contributed by atoms with Crippen molar-refractivity contribution in [3.05, 3.63) is 22.2 Å². The lowest BCUT2D eigenvalue weighted by Crippen LogP contribution is -2.43. The van der Waals surface area contributed by atoms with Gasteiger partial charge in [0.1, 0.15) is 0 Å². The molecule has 1 aliphatic rings. The lowest BCUT2D eigenvalue weighted by molar-refractivity contribution is -0.145. The number of aliphatic carboxylic acids is 1. The van der Waals surface area contributed by atoms with Gasteiger partial charge in [0.25, 0.3) is 0 Å². The van der Waals surface area contributed by atoms with Gasteiger partial charge in [-0.2, -0.15) is 0 Å². The van der Waals surface area contributed by atoms with Crippen molar-refractivity contribution >= 4 is 27.8 Å². The van der Waals surface area contributed by atoms with Crippen LogP contribution in [0.4, 0.5) is 0 Å². The van der Waals surface area contributed by atoms with Crippen LogP contribution in [0.15, 0.2) is 16.6 Å². The standard InChI is InChI=1S/C16H20BrNO5/c1-22-13-6-11(12(17)8-14(13)23-2)7-15(19)18-5-3-4-10(9-18)16(20)21/h6,8,10H,3-5,7,9H2,1-2H3,(H,20,21)/t10-/m1/s1. The highest BCUT2D eigenvalue weighted by Gasteiger charge is 2.28. The zero-order valence-corrected chi connectivity index (χ0v) is 14.8. The van der Waals surface area contributed by atoms with Crippen LogP contribution < -0.4 is 9.47 Å². The molecule has 0 bridgehead atoms. The van der Waals surface area contributed by atoms with E-state index in [1.165, 1.54) is 0 Å². The smallest absolute Gasteiger partial charge is 0.308 e. The molecule has 1 aliphatic heterocycles. The van der Waals surface area contributed by atoms with Gasteiger partial charge >= 0.3 is 5.97 Å². The van der Waals surface area contributed by atoms with E-state index in [1.54, 1.807) is 31.3 Å². The van der Waals surface area contributed by atoms with Crippen molar-refractivity contribution in [1.82, 2.24) is 4.90 Å². The Morgan fingerprint density at radius 1 is 1.30 bits per heavy atom. The Balaban J connectivity index is 2.12. The molecule has 2 rings (SSSR count). The first-order valence-electron chi connectivity index (χ1n) is 7.37. The van der Waals surface area contributed by atoms with Crippen LogP contribution in [0.1, 0.15) is 18.4 Å². The van der Waals surface area contributed by atoms with Crippen molar-refractivity contribution in [1.29, 1.82) is 0 Å². The van der Waals surface area contributed by atoms with E-state index in [4.69, 9.17) is 14.6 Å². The van der Waals surface area contributed by atoms with Crippen molar-refractivity contribution in [2.45, 2.75) is 19.3 Å². The van der Waals surface area contributed by atoms with Gasteiger partial charge in [-0.1, -0.05) is 15.9 Å². The highest BCUT2D eigenvalue weighted by atomic mass is 79.9. The van der Waals surface area contributed by atoms with E-state index in [9.17, 15) is 9.59 Å². The first kappa shape index (κ1) is 17.6. The molecule has 1 atom stereocenters. The summed E-state index contributed by atoms with van der Waals surface area (Å²) >= 11 is 3.44. The van der Waals surface area contributed by atoms with Gasteiger partial charge in [0, 0.05) is 17.6 Å². The molecule has 1 heterocycles. The molecule has 1 aromatic carbocycles. The average Bonchev–Trinajstić information content (AvgIpc) is 2.56. The van der Waals surface area contributed by atoms with E-state index in [0.717, 1.165) is 16.5 Å². The summed E-state index contributed by atoms with van der Waals surface area (Å²) in [6, 6.07) is 3.52. The summed E-state index contributed by atoms with van der Waals surface area (Å²) in [4.78, 5) is 25.2. The third-order valence-electron chi connectivity index (χ3n) is 4.02. The van der Waals surface area contributed by atoms with Crippen LogP contribution in [0.3, 0.4) is 0 Å². The predicted octanol–water partition coefficient (Wildman–Crippen LogP) is 2.33. The SMILES string of the molecule is COc1cc(Br)c(CC(=O)N2CCC[C@@H](C(=O)O)C2)cc1OC. The largest absolute Gasteiger partial charge is 0.493 e. The van der Waals surface area contributed by atoms with Crippen molar-refractivity contribution < 1.29 is 24.2 Å². The van der Waals surface area contributed by atoms with E-state index in [0.29, 0.717) is 24.5 Å². The number of rotatable bonds is 5. The molecule has 0 saturated carbocycles. The fourth-order valence-corrected chi connectivity index (χ4v) is 3.17. The third kappa shape index (κ3) is 4.16. The van der Waals surface area contributed by atoms with E-state index < -0.39 is 11.9 Å². The molecular weight excluding hydrogens is 366 g/mol. The van der Waals surface area contributed by atoms with E-state index >= 15 is 0 Å². The second-order valence-corrected chi connectivity index (χ2v) is 6.35. The highest BCUT2D eigenvalue weighted by molar-refractivity contribution is 9.10. The molecule has 1 N–H and O–H groups in total. The summed E-state index contributed by atoms with van der Waals surface area (Å²) in [6.45, 7) is 0.882. The first-order valence-corrected chi connectivity index (χ1v) is 8.16. The van der Waals surface area contributed by atoms with Gasteiger partial charge in [-0.05, 0) is 30.5 Å². The number of methoxy groups -OCH3 is 2. The van der Waals surface area contributed by atoms with Gasteiger partial charge in [-0.15, -0.1) is 0 Å². The maximum Gasteiger partial charge on any atom is 0.308 e. The minimum Gasteiger partial charge on any atom is -0.493 e. The summed E-state index contributed by atoms with van der Waals surface area (Å²) < 4.78 is 11.2. The molecule has 1 amide bonds. The highest BCUT2D eigenvalue weighted by Crippen LogP contribution is 2.33. The lowest BCUT2D eigenvalue weighted by atomic mass is 9.97. The number of halogens is 1. The Hall–Kier alpha value is -1.76. The summed E-state index contributed by atoms with van der Waals surface area (Å²) in [5.41, 5.74) is 0.782. The van der Waals surface area contributed by atoms with E-state index in [-0.39, 0.29) is 18.9 Å². The number of carbonyl (C=O) groups excluding carboxylic acids is 1. The number of piperidine rings is 1. The number of hydrogen-bond acceptors (Lipinski definition) is 4. The Labute approximate surface area is 143 Å². The second kappa shape index (κ2) is 7.68. The predicted molar refractivity (Wildman–Crippen MR) is 87.9 cm³/mol. The maximum absolute atomic E-state index is 12.5. The van der Waals surface area contributed by atoms with Crippen molar-refractivity contribution in [3.63, 3.8) is 0 Å². The van der Waals surface area contributed by atoms with Gasteiger partial charge in [-0.3, -0.25) is 9.59 Å². The topological polar surface area (TPSA) is 76.1 Å². The van der Waals surface area contributed by atoms with Gasteiger partial charge in [0.2, 0.25) is 5.91 Å². The van der Waals surface area contributed by atoms with Gasteiger partial charge in [-0.25, -0.2) is 0 Å². The van der Waals surface area contributed by atoms with Crippen molar-refractivity contribution in [2.24, 2.45) is 5.92 Å². The molecule has 1 fully saturated rings. The summed E-state index contributed by atoms with van der Waals surface area (Å²) in [7, 11) is 3.09. The summed E-state index contributed by atoms with van der Waals surface area (Å²) in [6.07, 6.45) is 1.53. The molecule has 1 saturated heterocycles. The van der Waals surface area contributed by atoms with Crippen LogP contribution in [0.2, 0.25) is 0 Å². The molecule has 7 heteroatoms. The van der Waals surface area contributed by atoms with Crippen LogP contribution in [-0.2, 0) is 16.0 Å². The Kier molecular flexibility index (Phi) is 5.87. The molecule has 0 unspecified atom stereocenters. The average molecular weight is 386 g/mol. The van der Waals surface area contributed by atoms with Crippen LogP contribution in [0, 0.1) is 5.92 Å². The molecule has 23 heavy (non-hydrogen) atoms. The fourth-order valence-electron chi connectivity index (χ4n) is 2.71. The molecule has 6 nitrogen and oxygen atoms in total. The molecular formula is C16H20BrNO5. The molecule has 126 valence electrons. The quantitative estimate of drug-likeness (QED) is 0.841. The summed E-state index contributed by atoms with van der Waals surface area (Å²) in [5, 5.41) is 9.12. The number of carboxylic acids is 1. The number of amides is 1. The van der Waals surface area contributed by atoms with Crippen LogP contribution >= 0.6 is 15.9 Å². The zero-order chi connectivity index (χ0) is 17.0. The number of carboxylic acid groups (broad SMARTS) is 1. The number of benzene rings is 1. The van der Waals surface area contributed by atoms with E-state index in [2.05, 4.69) is 15.9 Å². The second-order valence-electron chi connectivity index (χ2n) is 5.49. The third-order valence-corrected chi connectivity index (χ3v) is 4.76. The molecule has 0 radical (unpaired) electrons. The van der Waals surface area contributed by atoms with Crippen molar-refractivity contribution in [2.75, 3.05) is 27.3 Å². The lowest BCUT2D eigenvalue weighted by Gasteiger charge is -2.31. The first-order chi connectivity index (χ1) is 11.0. The van der Waals surface area contributed by atoms with Gasteiger partial charge in [0.05, 0.1) is 26.6 Å². The summed E-state index contributed by atoms with van der Waals surface area (Å²) in [5.74, 6) is -0.250. The van der Waals surface area contributed by atoms with Gasteiger partial charge < -0.3 is 19.5 Å². The fraction of sp³-hybridized carbons (Fsp3) is 0.500. The van der Waals surface area contributed by atoms with Crippen LogP contribution in [0.5, 0.6) is 11.5 Å². The monoisotopic (exact) mass is 385 g/mol. The minimum absolute atomic E-state index is 0.0798. The molecule has 0 spiro atoms. The normalized spacial score (nSPS) is 17.7. The minimum atomic E-state index is -0.838. The van der Waals surface area contributed by atoms with Crippen molar-refractivity contribution in [3.8, 4) is 11.5 Å². The Morgan fingerprint density at radius 2 is 1.96 bits per heavy atom. The number of ether oxygens (including phenoxy) is 2. The van der Waals surface area contributed by atoms with Gasteiger partial charge in [0.15, 0.2) is 11.5 Å². The van der Waals surface area contributed by atoms with E-state index in [1.807, 2.05) is 0 Å². The number of carbonyl (C=O) groups is 2. The zero-order valence-electron chi connectivity index (χ0n) is 13.2. The molecule has 0 aliphatic carbocycles. The Morgan fingerprint density at radius 3 is 2.57 bits per heavy atom.